The fourth-order valence-electron chi connectivity index (χ4n) is 3.19. The predicted molar refractivity (Wildman–Crippen MR) is 103 cm³/mol. The first kappa shape index (κ1) is 17.6. The van der Waals surface area contributed by atoms with Crippen molar-refractivity contribution in [3.8, 4) is 0 Å². The van der Waals surface area contributed by atoms with Gasteiger partial charge >= 0.3 is 6.03 Å². The van der Waals surface area contributed by atoms with Gasteiger partial charge in [-0.05, 0) is 54.8 Å². The molecule has 1 heterocycles. The summed E-state index contributed by atoms with van der Waals surface area (Å²) >= 11 is 5.88. The van der Waals surface area contributed by atoms with E-state index < -0.39 is 0 Å². The normalized spacial score (nSPS) is 14.5. The molecule has 1 aliphatic heterocycles. The van der Waals surface area contributed by atoms with Crippen LogP contribution in [0.4, 0.5) is 10.5 Å². The molecule has 3 rings (SSSR count). The number of carbonyl (C=O) groups is 1. The molecule has 132 valence electrons. The van der Waals surface area contributed by atoms with Gasteiger partial charge in [0.25, 0.3) is 0 Å². The summed E-state index contributed by atoms with van der Waals surface area (Å²) in [6.07, 6.45) is 0. The molecule has 0 atom stereocenters. The number of piperazine rings is 1. The second kappa shape index (κ2) is 7.79. The third-order valence-electron chi connectivity index (χ3n) is 4.50. The maximum absolute atomic E-state index is 12.4. The van der Waals surface area contributed by atoms with E-state index in [4.69, 9.17) is 11.6 Å². The number of aryl methyl sites for hydroxylation is 2. The van der Waals surface area contributed by atoms with E-state index in [0.29, 0.717) is 11.6 Å². The lowest BCUT2D eigenvalue weighted by Gasteiger charge is -2.36. The zero-order valence-electron chi connectivity index (χ0n) is 14.8. The first-order chi connectivity index (χ1) is 12.0. The summed E-state index contributed by atoms with van der Waals surface area (Å²) in [5.74, 6) is 0. The van der Waals surface area contributed by atoms with Gasteiger partial charge < -0.3 is 15.1 Å². The molecule has 2 amide bonds. The van der Waals surface area contributed by atoms with Crippen LogP contribution in [-0.4, -0.2) is 37.1 Å². The number of nitrogens with one attached hydrogen (secondary N) is 1. The first-order valence-electron chi connectivity index (χ1n) is 8.62. The number of halogens is 1. The third-order valence-corrected chi connectivity index (χ3v) is 4.75. The van der Waals surface area contributed by atoms with Gasteiger partial charge in [-0.25, -0.2) is 4.79 Å². The minimum atomic E-state index is -0.00461. The summed E-state index contributed by atoms with van der Waals surface area (Å²) < 4.78 is 0. The van der Waals surface area contributed by atoms with Crippen molar-refractivity contribution in [2.75, 3.05) is 31.1 Å². The standard InChI is InChI=1S/C20H24ClN3O/c1-15-11-16(2)13-19(12-15)23-7-9-24(10-8-23)20(25)22-14-17-3-5-18(21)6-4-17/h3-6,11-13H,7-10,14H2,1-2H3,(H,22,25). The Morgan fingerprint density at radius 2 is 1.60 bits per heavy atom. The van der Waals surface area contributed by atoms with Crippen molar-refractivity contribution in [1.82, 2.24) is 10.2 Å². The van der Waals surface area contributed by atoms with Crippen molar-refractivity contribution in [2.24, 2.45) is 0 Å². The summed E-state index contributed by atoms with van der Waals surface area (Å²) in [5.41, 5.74) is 4.85. The zero-order valence-corrected chi connectivity index (χ0v) is 15.5. The number of hydrogen-bond acceptors (Lipinski definition) is 2. The van der Waals surface area contributed by atoms with Crippen LogP contribution in [0.5, 0.6) is 0 Å². The van der Waals surface area contributed by atoms with Gasteiger partial charge in [0.05, 0.1) is 0 Å². The molecular formula is C20H24ClN3O. The number of amides is 2. The molecule has 0 spiro atoms. The number of urea groups is 1. The van der Waals surface area contributed by atoms with Gasteiger partial charge in [0.1, 0.15) is 0 Å². The smallest absolute Gasteiger partial charge is 0.317 e. The van der Waals surface area contributed by atoms with Crippen molar-refractivity contribution in [3.63, 3.8) is 0 Å². The molecule has 2 aromatic carbocycles. The van der Waals surface area contributed by atoms with E-state index >= 15 is 0 Å². The number of hydrogen-bond donors (Lipinski definition) is 1. The average Bonchev–Trinajstić information content (AvgIpc) is 2.60. The molecule has 1 aliphatic rings. The van der Waals surface area contributed by atoms with E-state index in [1.54, 1.807) is 0 Å². The quantitative estimate of drug-likeness (QED) is 0.901. The highest BCUT2D eigenvalue weighted by molar-refractivity contribution is 6.30. The van der Waals surface area contributed by atoms with Gasteiger partial charge in [-0.15, -0.1) is 0 Å². The monoisotopic (exact) mass is 357 g/mol. The summed E-state index contributed by atoms with van der Waals surface area (Å²) in [7, 11) is 0. The van der Waals surface area contributed by atoms with Crippen LogP contribution in [-0.2, 0) is 6.54 Å². The fraction of sp³-hybridized carbons (Fsp3) is 0.350. The van der Waals surface area contributed by atoms with Crippen molar-refractivity contribution in [3.05, 3.63) is 64.2 Å². The summed E-state index contributed by atoms with van der Waals surface area (Å²) in [4.78, 5) is 16.6. The highest BCUT2D eigenvalue weighted by Gasteiger charge is 2.21. The molecule has 4 nitrogen and oxygen atoms in total. The number of nitrogens with zero attached hydrogens (tertiary/aromatic N) is 2. The third kappa shape index (κ3) is 4.67. The lowest BCUT2D eigenvalue weighted by molar-refractivity contribution is 0.194. The molecule has 0 unspecified atom stereocenters. The lowest BCUT2D eigenvalue weighted by Crippen LogP contribution is -2.51. The fourth-order valence-corrected chi connectivity index (χ4v) is 3.32. The highest BCUT2D eigenvalue weighted by Crippen LogP contribution is 2.20. The first-order valence-corrected chi connectivity index (χ1v) is 8.99. The van der Waals surface area contributed by atoms with E-state index in [1.807, 2.05) is 29.2 Å². The van der Waals surface area contributed by atoms with Crippen LogP contribution in [0.3, 0.4) is 0 Å². The number of anilines is 1. The van der Waals surface area contributed by atoms with Crippen molar-refractivity contribution in [1.29, 1.82) is 0 Å². The van der Waals surface area contributed by atoms with Crippen LogP contribution < -0.4 is 10.2 Å². The van der Waals surface area contributed by atoms with E-state index in [2.05, 4.69) is 42.3 Å². The zero-order chi connectivity index (χ0) is 17.8. The van der Waals surface area contributed by atoms with Crippen LogP contribution in [0.1, 0.15) is 16.7 Å². The second-order valence-corrected chi connectivity index (χ2v) is 7.04. The Bertz CT molecular complexity index is 717. The van der Waals surface area contributed by atoms with Crippen LogP contribution in [0, 0.1) is 13.8 Å². The van der Waals surface area contributed by atoms with Gasteiger partial charge in [0, 0.05) is 43.4 Å². The van der Waals surface area contributed by atoms with Gasteiger partial charge in [0.15, 0.2) is 0 Å². The molecule has 1 fully saturated rings. The summed E-state index contributed by atoms with van der Waals surface area (Å²) in [6, 6.07) is 14.1. The van der Waals surface area contributed by atoms with E-state index in [1.165, 1.54) is 16.8 Å². The van der Waals surface area contributed by atoms with E-state index in [0.717, 1.165) is 31.7 Å². The van der Waals surface area contributed by atoms with Crippen molar-refractivity contribution in [2.45, 2.75) is 20.4 Å². The molecule has 1 N–H and O–H groups in total. The van der Waals surface area contributed by atoms with Crippen LogP contribution in [0.15, 0.2) is 42.5 Å². The maximum atomic E-state index is 12.4. The molecule has 1 saturated heterocycles. The molecular weight excluding hydrogens is 334 g/mol. The Labute approximate surface area is 154 Å². The van der Waals surface area contributed by atoms with Crippen LogP contribution in [0.2, 0.25) is 5.02 Å². The summed E-state index contributed by atoms with van der Waals surface area (Å²) in [6.45, 7) is 7.95. The molecule has 0 radical (unpaired) electrons. The van der Waals surface area contributed by atoms with E-state index in [-0.39, 0.29) is 6.03 Å². The molecule has 0 saturated carbocycles. The van der Waals surface area contributed by atoms with Crippen molar-refractivity contribution >= 4 is 23.3 Å². The maximum Gasteiger partial charge on any atom is 0.317 e. The molecule has 0 aliphatic carbocycles. The van der Waals surface area contributed by atoms with Gasteiger partial charge in [0.2, 0.25) is 0 Å². The van der Waals surface area contributed by atoms with Crippen molar-refractivity contribution < 1.29 is 4.79 Å². The molecule has 25 heavy (non-hydrogen) atoms. The Balaban J connectivity index is 1.51. The molecule has 0 aromatic heterocycles. The van der Waals surface area contributed by atoms with Gasteiger partial charge in [-0.2, -0.15) is 0 Å². The van der Waals surface area contributed by atoms with Crippen LogP contribution in [0.25, 0.3) is 0 Å². The second-order valence-electron chi connectivity index (χ2n) is 6.61. The Kier molecular flexibility index (Phi) is 5.49. The largest absolute Gasteiger partial charge is 0.368 e. The molecule has 5 heteroatoms. The SMILES string of the molecule is Cc1cc(C)cc(N2CCN(C(=O)NCc3ccc(Cl)cc3)CC2)c1. The summed E-state index contributed by atoms with van der Waals surface area (Å²) in [5, 5.41) is 3.69. The highest BCUT2D eigenvalue weighted by atomic mass is 35.5. The Hall–Kier alpha value is -2.20. The van der Waals surface area contributed by atoms with Gasteiger partial charge in [-0.3, -0.25) is 0 Å². The Morgan fingerprint density at radius 3 is 2.20 bits per heavy atom. The topological polar surface area (TPSA) is 35.6 Å². The molecule has 0 bridgehead atoms. The van der Waals surface area contributed by atoms with E-state index in [9.17, 15) is 4.79 Å². The minimum Gasteiger partial charge on any atom is -0.368 e. The minimum absolute atomic E-state index is 0.00461. The number of carbonyl (C=O) groups excluding carboxylic acids is 1. The van der Waals surface area contributed by atoms with Gasteiger partial charge in [-0.1, -0.05) is 29.8 Å². The Morgan fingerprint density at radius 1 is 1.00 bits per heavy atom. The predicted octanol–water partition coefficient (Wildman–Crippen LogP) is 3.99. The average molecular weight is 358 g/mol. The molecule has 2 aromatic rings. The van der Waals surface area contributed by atoms with Crippen LogP contribution >= 0.6 is 11.6 Å². The number of rotatable bonds is 3. The lowest BCUT2D eigenvalue weighted by atomic mass is 10.1. The number of benzene rings is 2.